The number of ketones is 1. The maximum Gasteiger partial charge on any atom is 0.183 e. The Morgan fingerprint density at radius 2 is 2.12 bits per heavy atom. The molecular weight excluding hydrogens is 214 g/mol. The second kappa shape index (κ2) is 6.40. The molecule has 1 unspecified atom stereocenters. The molecule has 0 bridgehead atoms. The van der Waals surface area contributed by atoms with Crippen molar-refractivity contribution >= 4 is 5.78 Å². The van der Waals surface area contributed by atoms with Crippen LogP contribution >= 0.6 is 0 Å². The normalized spacial score (nSPS) is 12.2. The molecule has 0 fully saturated rings. The Morgan fingerprint density at radius 3 is 2.59 bits per heavy atom. The lowest BCUT2D eigenvalue weighted by molar-refractivity contribution is 0.0942. The Balaban J connectivity index is 3.13. The van der Waals surface area contributed by atoms with E-state index in [1.807, 2.05) is 32.2 Å². The largest absolute Gasteiger partial charge is 0.496 e. The third-order valence-corrected chi connectivity index (χ3v) is 3.01. The van der Waals surface area contributed by atoms with E-state index in [4.69, 9.17) is 4.74 Å². The predicted octanol–water partition coefficient (Wildman–Crippen LogP) is 2.44. The number of likely N-dealkylation sites (N-methyl/N-ethyl adjacent to an activating group) is 1. The van der Waals surface area contributed by atoms with Gasteiger partial charge < -0.3 is 10.1 Å². The van der Waals surface area contributed by atoms with Crippen LogP contribution in [-0.2, 0) is 6.42 Å². The van der Waals surface area contributed by atoms with Crippen molar-refractivity contribution in [1.82, 2.24) is 5.32 Å². The topological polar surface area (TPSA) is 38.3 Å². The van der Waals surface area contributed by atoms with Crippen molar-refractivity contribution in [2.45, 2.75) is 32.7 Å². The van der Waals surface area contributed by atoms with Gasteiger partial charge in [0.05, 0.1) is 18.7 Å². The van der Waals surface area contributed by atoms with Crippen LogP contribution in [0.2, 0.25) is 0 Å². The molecule has 0 aliphatic rings. The van der Waals surface area contributed by atoms with Crippen LogP contribution in [0, 0.1) is 0 Å². The molecule has 1 atom stereocenters. The van der Waals surface area contributed by atoms with Crippen LogP contribution in [0.3, 0.4) is 0 Å². The molecule has 0 aliphatic heterocycles. The number of carbonyl (C=O) groups is 1. The average Bonchev–Trinajstić information content (AvgIpc) is 2.39. The molecule has 1 N–H and O–H groups in total. The van der Waals surface area contributed by atoms with Crippen molar-refractivity contribution in [2.24, 2.45) is 0 Å². The van der Waals surface area contributed by atoms with E-state index in [0.29, 0.717) is 11.3 Å². The zero-order chi connectivity index (χ0) is 12.8. The highest BCUT2D eigenvalue weighted by atomic mass is 16.5. The number of carbonyl (C=O) groups excluding carboxylic acids is 1. The maximum atomic E-state index is 12.3. The maximum absolute atomic E-state index is 12.3. The fraction of sp³-hybridized carbons (Fsp3) is 0.500. The summed E-state index contributed by atoms with van der Waals surface area (Å²) < 4.78 is 5.26. The highest BCUT2D eigenvalue weighted by Crippen LogP contribution is 2.22. The Morgan fingerprint density at radius 1 is 1.41 bits per heavy atom. The molecule has 3 heteroatoms. The summed E-state index contributed by atoms with van der Waals surface area (Å²) in [5, 5.41) is 3.03. The minimum Gasteiger partial charge on any atom is -0.496 e. The van der Waals surface area contributed by atoms with Crippen LogP contribution < -0.4 is 10.1 Å². The lowest BCUT2D eigenvalue weighted by atomic mass is 9.98. The van der Waals surface area contributed by atoms with Crippen molar-refractivity contribution in [2.75, 3.05) is 14.2 Å². The first-order valence-corrected chi connectivity index (χ1v) is 6.06. The lowest BCUT2D eigenvalue weighted by Gasteiger charge is -2.15. The molecule has 1 rings (SSSR count). The predicted molar refractivity (Wildman–Crippen MR) is 69.8 cm³/mol. The van der Waals surface area contributed by atoms with E-state index in [1.54, 1.807) is 7.11 Å². The van der Waals surface area contributed by atoms with Gasteiger partial charge in [0.15, 0.2) is 5.78 Å². The van der Waals surface area contributed by atoms with Gasteiger partial charge in [-0.1, -0.05) is 19.9 Å². The van der Waals surface area contributed by atoms with E-state index < -0.39 is 0 Å². The molecule has 1 aromatic rings. The number of nitrogens with one attached hydrogen (secondary N) is 1. The van der Waals surface area contributed by atoms with Crippen molar-refractivity contribution in [3.63, 3.8) is 0 Å². The van der Waals surface area contributed by atoms with E-state index in [0.717, 1.165) is 18.4 Å². The smallest absolute Gasteiger partial charge is 0.183 e. The number of ether oxygens (including phenoxy) is 1. The number of Topliss-reactive ketones (excluding diaryl/α,β-unsaturated/α-hetero) is 1. The van der Waals surface area contributed by atoms with Crippen LogP contribution in [0.25, 0.3) is 0 Å². The minimum absolute atomic E-state index is 0.0992. The molecule has 0 amide bonds. The van der Waals surface area contributed by atoms with E-state index in [1.165, 1.54) is 0 Å². The van der Waals surface area contributed by atoms with Gasteiger partial charge in [-0.2, -0.15) is 0 Å². The van der Waals surface area contributed by atoms with Crippen molar-refractivity contribution in [1.29, 1.82) is 0 Å². The Kier molecular flexibility index (Phi) is 5.16. The molecule has 0 heterocycles. The number of hydrogen-bond donors (Lipinski definition) is 1. The summed E-state index contributed by atoms with van der Waals surface area (Å²) in [4.78, 5) is 12.3. The highest BCUT2D eigenvalue weighted by Gasteiger charge is 2.20. The van der Waals surface area contributed by atoms with E-state index in [-0.39, 0.29) is 11.8 Å². The van der Waals surface area contributed by atoms with Gasteiger partial charge in [0.2, 0.25) is 0 Å². The second-order valence-corrected chi connectivity index (χ2v) is 4.00. The van der Waals surface area contributed by atoms with Crippen molar-refractivity contribution in [3.05, 3.63) is 29.3 Å². The molecule has 0 spiro atoms. The van der Waals surface area contributed by atoms with Gasteiger partial charge in [0.25, 0.3) is 0 Å². The number of methoxy groups -OCH3 is 1. The lowest BCUT2D eigenvalue weighted by Crippen LogP contribution is -2.33. The summed E-state index contributed by atoms with van der Waals surface area (Å²) in [5.41, 5.74) is 1.83. The Hall–Kier alpha value is -1.35. The SMILES string of the molecule is CCc1ccc(OC)c(C(=O)C(CC)NC)c1. The number of benzene rings is 1. The van der Waals surface area contributed by atoms with Gasteiger partial charge >= 0.3 is 0 Å². The average molecular weight is 235 g/mol. The second-order valence-electron chi connectivity index (χ2n) is 4.00. The van der Waals surface area contributed by atoms with Crippen molar-refractivity contribution < 1.29 is 9.53 Å². The van der Waals surface area contributed by atoms with Gasteiger partial charge in [0.1, 0.15) is 5.75 Å². The Bertz CT molecular complexity index is 384. The summed E-state index contributed by atoms with van der Waals surface area (Å²) in [6.45, 7) is 4.07. The summed E-state index contributed by atoms with van der Waals surface area (Å²) >= 11 is 0. The zero-order valence-corrected chi connectivity index (χ0v) is 11.0. The summed E-state index contributed by atoms with van der Waals surface area (Å²) in [7, 11) is 3.40. The molecule has 94 valence electrons. The highest BCUT2D eigenvalue weighted by molar-refractivity contribution is 6.02. The number of hydrogen-bond acceptors (Lipinski definition) is 3. The number of aryl methyl sites for hydroxylation is 1. The third-order valence-electron chi connectivity index (χ3n) is 3.01. The summed E-state index contributed by atoms with van der Waals surface area (Å²) in [6, 6.07) is 5.65. The zero-order valence-electron chi connectivity index (χ0n) is 11.0. The third kappa shape index (κ3) is 3.07. The van der Waals surface area contributed by atoms with Crippen LogP contribution in [0.4, 0.5) is 0 Å². The van der Waals surface area contributed by atoms with Crippen molar-refractivity contribution in [3.8, 4) is 5.75 Å². The van der Waals surface area contributed by atoms with E-state index in [9.17, 15) is 4.79 Å². The first kappa shape index (κ1) is 13.7. The summed E-state index contributed by atoms with van der Waals surface area (Å²) in [6.07, 6.45) is 1.69. The van der Waals surface area contributed by atoms with Gasteiger partial charge in [-0.05, 0) is 37.6 Å². The quantitative estimate of drug-likeness (QED) is 0.770. The molecule has 0 saturated carbocycles. The van der Waals surface area contributed by atoms with Crippen LogP contribution in [-0.4, -0.2) is 26.0 Å². The van der Waals surface area contributed by atoms with Gasteiger partial charge in [0, 0.05) is 0 Å². The molecule has 0 aromatic heterocycles. The van der Waals surface area contributed by atoms with Gasteiger partial charge in [-0.3, -0.25) is 4.79 Å². The standard InChI is InChI=1S/C14H21NO2/c1-5-10-7-8-13(17-4)11(9-10)14(16)12(6-2)15-3/h7-9,12,15H,5-6H2,1-4H3. The van der Waals surface area contributed by atoms with Crippen LogP contribution in [0.1, 0.15) is 36.2 Å². The minimum atomic E-state index is -0.143. The first-order valence-electron chi connectivity index (χ1n) is 6.06. The van der Waals surface area contributed by atoms with Gasteiger partial charge in [-0.15, -0.1) is 0 Å². The molecule has 1 aromatic carbocycles. The van der Waals surface area contributed by atoms with Gasteiger partial charge in [-0.25, -0.2) is 0 Å². The summed E-state index contributed by atoms with van der Waals surface area (Å²) in [5.74, 6) is 0.753. The molecule has 0 saturated heterocycles. The molecule has 0 radical (unpaired) electrons. The Labute approximate surface area is 103 Å². The number of rotatable bonds is 6. The van der Waals surface area contributed by atoms with Crippen LogP contribution in [0.5, 0.6) is 5.75 Å². The first-order chi connectivity index (χ1) is 8.17. The molecule has 3 nitrogen and oxygen atoms in total. The van der Waals surface area contributed by atoms with E-state index >= 15 is 0 Å². The fourth-order valence-corrected chi connectivity index (χ4v) is 1.88. The monoisotopic (exact) mass is 235 g/mol. The van der Waals surface area contributed by atoms with Crippen LogP contribution in [0.15, 0.2) is 18.2 Å². The molecule has 0 aliphatic carbocycles. The molecule has 17 heavy (non-hydrogen) atoms. The fourth-order valence-electron chi connectivity index (χ4n) is 1.88. The van der Waals surface area contributed by atoms with E-state index in [2.05, 4.69) is 12.2 Å². The molecular formula is C14H21NO2.